The van der Waals surface area contributed by atoms with Gasteiger partial charge in [-0.15, -0.1) is 10.2 Å². The number of hydrogen-bond donors (Lipinski definition) is 0. The van der Waals surface area contributed by atoms with Crippen molar-refractivity contribution in [3.05, 3.63) is 24.5 Å². The molecule has 8 heteroatoms. The number of hydrogen-bond acceptors (Lipinski definition) is 6. The molecule has 25 heavy (non-hydrogen) atoms. The number of carbonyl (C=O) groups excluding carboxylic acids is 1. The molecule has 0 unspecified atom stereocenters. The van der Waals surface area contributed by atoms with Gasteiger partial charge in [0.05, 0.1) is 17.7 Å². The van der Waals surface area contributed by atoms with Crippen LogP contribution in [0.15, 0.2) is 29.7 Å². The third-order valence-electron chi connectivity index (χ3n) is 4.06. The minimum Gasteiger partial charge on any atom is -0.344 e. The van der Waals surface area contributed by atoms with E-state index in [1.54, 1.807) is 24.3 Å². The van der Waals surface area contributed by atoms with Crippen LogP contribution in [0.3, 0.4) is 0 Å². The van der Waals surface area contributed by atoms with Gasteiger partial charge in [0, 0.05) is 37.6 Å². The van der Waals surface area contributed by atoms with Gasteiger partial charge in [-0.1, -0.05) is 11.8 Å². The van der Waals surface area contributed by atoms with Gasteiger partial charge in [-0.25, -0.2) is 0 Å². The molecular weight excluding hydrogens is 336 g/mol. The first-order valence-electron chi connectivity index (χ1n) is 8.25. The van der Waals surface area contributed by atoms with Crippen LogP contribution in [0.25, 0.3) is 11.4 Å². The molecule has 3 rings (SSSR count). The Bertz CT molecular complexity index is 780. The van der Waals surface area contributed by atoms with Crippen LogP contribution in [0.2, 0.25) is 0 Å². The predicted molar refractivity (Wildman–Crippen MR) is 94.7 cm³/mol. The molecule has 0 aromatic carbocycles. The van der Waals surface area contributed by atoms with Crippen LogP contribution in [0, 0.1) is 11.3 Å². The molecule has 0 N–H and O–H groups in total. The number of nitrogens with zero attached hydrogens (tertiary/aromatic N) is 6. The molecule has 0 aliphatic heterocycles. The Kier molecular flexibility index (Phi) is 5.34. The van der Waals surface area contributed by atoms with Crippen molar-refractivity contribution in [3.8, 4) is 17.5 Å². The maximum Gasteiger partial charge on any atom is 0.235 e. The van der Waals surface area contributed by atoms with Crippen molar-refractivity contribution in [2.75, 3.05) is 13.6 Å². The smallest absolute Gasteiger partial charge is 0.235 e. The van der Waals surface area contributed by atoms with E-state index in [1.165, 1.54) is 11.8 Å². The van der Waals surface area contributed by atoms with E-state index in [0.717, 1.165) is 29.4 Å². The van der Waals surface area contributed by atoms with Crippen molar-refractivity contribution in [2.24, 2.45) is 0 Å². The van der Waals surface area contributed by atoms with Crippen LogP contribution in [-0.4, -0.2) is 49.4 Å². The Morgan fingerprint density at radius 1 is 1.52 bits per heavy atom. The zero-order valence-electron chi connectivity index (χ0n) is 14.3. The average Bonchev–Trinajstić information content (AvgIpc) is 3.40. The van der Waals surface area contributed by atoms with Gasteiger partial charge in [0.25, 0.3) is 0 Å². The van der Waals surface area contributed by atoms with E-state index in [9.17, 15) is 4.79 Å². The summed E-state index contributed by atoms with van der Waals surface area (Å²) in [6, 6.07) is 6.30. The fourth-order valence-corrected chi connectivity index (χ4v) is 3.59. The maximum atomic E-state index is 12.5. The molecule has 1 aliphatic rings. The van der Waals surface area contributed by atoms with Crippen molar-refractivity contribution in [1.29, 1.82) is 5.26 Å². The van der Waals surface area contributed by atoms with Crippen molar-refractivity contribution >= 4 is 17.7 Å². The molecule has 130 valence electrons. The Balaban J connectivity index is 1.78. The first-order chi connectivity index (χ1) is 12.1. The summed E-state index contributed by atoms with van der Waals surface area (Å²) in [7, 11) is 1.73. The summed E-state index contributed by atoms with van der Waals surface area (Å²) < 4.78 is 2.13. The van der Waals surface area contributed by atoms with Gasteiger partial charge in [-0.05, 0) is 31.9 Å². The number of thioether (sulfide) groups is 1. The first-order valence-corrected chi connectivity index (χ1v) is 9.13. The van der Waals surface area contributed by atoms with Crippen LogP contribution in [0.5, 0.6) is 0 Å². The van der Waals surface area contributed by atoms with Gasteiger partial charge in [0.15, 0.2) is 11.0 Å². The molecule has 1 amide bonds. The molecule has 2 aromatic rings. The Morgan fingerprint density at radius 3 is 2.96 bits per heavy atom. The number of pyridine rings is 1. The first kappa shape index (κ1) is 17.4. The van der Waals surface area contributed by atoms with Crippen LogP contribution < -0.4 is 0 Å². The van der Waals surface area contributed by atoms with Crippen LogP contribution in [-0.2, 0) is 4.79 Å². The molecular formula is C17H20N6OS. The van der Waals surface area contributed by atoms with Crippen molar-refractivity contribution in [2.45, 2.75) is 42.6 Å². The number of nitriles is 1. The molecule has 2 heterocycles. The lowest BCUT2D eigenvalue weighted by Crippen LogP contribution is -2.34. The van der Waals surface area contributed by atoms with Gasteiger partial charge in [-0.3, -0.25) is 14.3 Å². The normalized spacial score (nSPS) is 14.8. The van der Waals surface area contributed by atoms with Gasteiger partial charge in [0.2, 0.25) is 5.91 Å². The molecule has 1 fully saturated rings. The van der Waals surface area contributed by atoms with E-state index in [4.69, 9.17) is 5.26 Å². The van der Waals surface area contributed by atoms with Crippen molar-refractivity contribution in [1.82, 2.24) is 24.6 Å². The molecule has 1 aliphatic carbocycles. The summed E-state index contributed by atoms with van der Waals surface area (Å²) in [5, 5.41) is 17.8. The highest BCUT2D eigenvalue weighted by Crippen LogP contribution is 2.41. The molecule has 0 spiro atoms. The van der Waals surface area contributed by atoms with E-state index in [0.29, 0.717) is 19.0 Å². The lowest BCUT2D eigenvalue weighted by molar-refractivity contribution is -0.128. The van der Waals surface area contributed by atoms with Crippen LogP contribution in [0.4, 0.5) is 0 Å². The lowest BCUT2D eigenvalue weighted by atomic mass is 10.3. The molecule has 7 nitrogen and oxygen atoms in total. The lowest BCUT2D eigenvalue weighted by Gasteiger charge is -2.20. The summed E-state index contributed by atoms with van der Waals surface area (Å²) in [5.74, 6) is 0.795. The summed E-state index contributed by atoms with van der Waals surface area (Å²) in [6.07, 6.45) is 6.05. The Labute approximate surface area is 151 Å². The maximum absolute atomic E-state index is 12.5. The fourth-order valence-electron chi connectivity index (χ4n) is 2.56. The third kappa shape index (κ3) is 3.99. The second kappa shape index (κ2) is 7.66. The van der Waals surface area contributed by atoms with Crippen LogP contribution in [0.1, 0.15) is 32.2 Å². The molecule has 2 aromatic heterocycles. The highest BCUT2D eigenvalue weighted by atomic mass is 32.2. The highest BCUT2D eigenvalue weighted by Gasteiger charge is 2.32. The van der Waals surface area contributed by atoms with Crippen molar-refractivity contribution in [3.63, 3.8) is 0 Å². The highest BCUT2D eigenvalue weighted by molar-refractivity contribution is 8.00. The minimum atomic E-state index is -0.285. The van der Waals surface area contributed by atoms with Crippen LogP contribution >= 0.6 is 11.8 Å². The average molecular weight is 356 g/mol. The Morgan fingerprint density at radius 2 is 2.32 bits per heavy atom. The molecule has 0 bridgehead atoms. The number of aromatic nitrogens is 4. The number of rotatable bonds is 7. The molecule has 1 atom stereocenters. The van der Waals surface area contributed by atoms with Gasteiger partial charge in [0.1, 0.15) is 0 Å². The molecule has 0 saturated heterocycles. The number of carbonyl (C=O) groups is 1. The minimum absolute atomic E-state index is 0.00600. The standard InChI is InChI=1S/C17H20N6OS/c1-12(16(24)22(2)10-4-8-18)25-17-21-20-15(23(17)14-6-7-14)13-5-3-9-19-11-13/h3,5,9,11-12,14H,4,6-7,10H2,1-2H3/t12-/m1/s1. The largest absolute Gasteiger partial charge is 0.344 e. The predicted octanol–water partition coefficient (Wildman–Crippen LogP) is 2.53. The monoisotopic (exact) mass is 356 g/mol. The Hall–Kier alpha value is -2.40. The van der Waals surface area contributed by atoms with Crippen molar-refractivity contribution < 1.29 is 4.79 Å². The van der Waals surface area contributed by atoms with Gasteiger partial charge < -0.3 is 4.90 Å². The van der Waals surface area contributed by atoms with E-state index in [-0.39, 0.29) is 11.2 Å². The summed E-state index contributed by atoms with van der Waals surface area (Å²) in [6.45, 7) is 2.31. The zero-order valence-corrected chi connectivity index (χ0v) is 15.1. The molecule has 0 radical (unpaired) electrons. The molecule has 1 saturated carbocycles. The second-order valence-corrected chi connectivity index (χ2v) is 7.39. The number of amides is 1. The van der Waals surface area contributed by atoms with Gasteiger partial charge in [-0.2, -0.15) is 5.26 Å². The fraction of sp³-hybridized carbons (Fsp3) is 0.471. The quantitative estimate of drug-likeness (QED) is 0.709. The summed E-state index contributed by atoms with van der Waals surface area (Å²) >= 11 is 1.42. The topological polar surface area (TPSA) is 87.7 Å². The summed E-state index contributed by atoms with van der Waals surface area (Å²) in [5.41, 5.74) is 0.930. The zero-order chi connectivity index (χ0) is 17.8. The SMILES string of the molecule is C[C@@H](Sc1nnc(-c2cccnc2)n1C1CC1)C(=O)N(C)CCC#N. The van der Waals surface area contributed by atoms with E-state index >= 15 is 0 Å². The van der Waals surface area contributed by atoms with E-state index < -0.39 is 0 Å². The van der Waals surface area contributed by atoms with E-state index in [1.807, 2.05) is 19.1 Å². The second-order valence-electron chi connectivity index (χ2n) is 6.08. The summed E-state index contributed by atoms with van der Waals surface area (Å²) in [4.78, 5) is 18.2. The third-order valence-corrected chi connectivity index (χ3v) is 5.11. The van der Waals surface area contributed by atoms with E-state index in [2.05, 4.69) is 25.8 Å². The van der Waals surface area contributed by atoms with Gasteiger partial charge >= 0.3 is 0 Å².